The van der Waals surface area contributed by atoms with Crippen molar-refractivity contribution in [3.8, 4) is 0 Å². The van der Waals surface area contributed by atoms with Crippen LogP contribution in [0, 0.1) is 5.92 Å². The predicted molar refractivity (Wildman–Crippen MR) is 66.4 cm³/mol. The van der Waals surface area contributed by atoms with Gasteiger partial charge in [-0.15, -0.1) is 0 Å². The van der Waals surface area contributed by atoms with Crippen molar-refractivity contribution < 1.29 is 4.39 Å². The first kappa shape index (κ1) is 11.2. The Kier molecular flexibility index (Phi) is 3.12. The van der Waals surface area contributed by atoms with Crippen LogP contribution in [-0.4, -0.2) is 30.8 Å². The number of fused-ring (bicyclic) bond motifs is 3. The van der Waals surface area contributed by atoms with Crippen molar-refractivity contribution >= 4 is 0 Å². The van der Waals surface area contributed by atoms with Gasteiger partial charge in [-0.05, 0) is 37.4 Å². The summed E-state index contributed by atoms with van der Waals surface area (Å²) in [6.45, 7) is 1.90. The first-order valence-electron chi connectivity index (χ1n) is 6.48. The lowest BCUT2D eigenvalue weighted by Crippen LogP contribution is -2.57. The first-order chi connectivity index (χ1) is 8.40. The van der Waals surface area contributed by atoms with E-state index >= 15 is 0 Å². The fraction of sp³-hybridized carbons (Fsp3) is 0.571. The lowest BCUT2D eigenvalue weighted by Gasteiger charge is -2.51. The Morgan fingerprint density at radius 1 is 1.18 bits per heavy atom. The molecule has 1 aromatic rings. The minimum Gasteiger partial charge on any atom is -0.295 e. The molecule has 2 bridgehead atoms. The molecular formula is C14H19FN2. The van der Waals surface area contributed by atoms with Crippen molar-refractivity contribution in [1.82, 2.24) is 10.2 Å². The summed E-state index contributed by atoms with van der Waals surface area (Å²) in [5, 5.41) is 3.06. The predicted octanol–water partition coefficient (Wildman–Crippen LogP) is 2.34. The number of hydrogen-bond acceptors (Lipinski definition) is 2. The molecule has 92 valence electrons. The van der Waals surface area contributed by atoms with E-state index in [0.29, 0.717) is 12.0 Å². The molecule has 3 heterocycles. The van der Waals surface area contributed by atoms with Crippen LogP contribution >= 0.6 is 0 Å². The number of nitrogens with zero attached hydrogens (tertiary/aromatic N) is 1. The van der Waals surface area contributed by atoms with Gasteiger partial charge >= 0.3 is 0 Å². The highest BCUT2D eigenvalue weighted by atomic mass is 19.1. The summed E-state index contributed by atoms with van der Waals surface area (Å²) in [5.41, 5.74) is 1.32. The minimum atomic E-state index is -0.418. The molecule has 0 amide bonds. The van der Waals surface area contributed by atoms with E-state index in [2.05, 4.69) is 34.5 Å². The third-order valence-corrected chi connectivity index (χ3v) is 4.27. The zero-order chi connectivity index (χ0) is 11.7. The molecule has 3 heteroatoms. The Balaban J connectivity index is 1.89. The summed E-state index contributed by atoms with van der Waals surface area (Å²) >= 11 is 0. The SMILES string of the molecule is FCNC1C2CCN(CC2)C1c1ccccc1. The normalized spacial score (nSPS) is 36.1. The molecule has 2 atom stereocenters. The van der Waals surface area contributed by atoms with Crippen molar-refractivity contribution in [2.45, 2.75) is 24.9 Å². The van der Waals surface area contributed by atoms with Crippen LogP contribution in [0.4, 0.5) is 4.39 Å². The Morgan fingerprint density at radius 2 is 1.88 bits per heavy atom. The number of hydrogen-bond donors (Lipinski definition) is 1. The van der Waals surface area contributed by atoms with Crippen LogP contribution in [0.25, 0.3) is 0 Å². The largest absolute Gasteiger partial charge is 0.295 e. The summed E-state index contributed by atoms with van der Waals surface area (Å²) in [5.74, 6) is 0.640. The molecule has 3 aliphatic heterocycles. The molecule has 0 radical (unpaired) electrons. The van der Waals surface area contributed by atoms with Gasteiger partial charge in [0.05, 0.1) is 6.04 Å². The smallest absolute Gasteiger partial charge is 0.140 e. The van der Waals surface area contributed by atoms with E-state index in [1.807, 2.05) is 6.07 Å². The van der Waals surface area contributed by atoms with E-state index in [4.69, 9.17) is 0 Å². The van der Waals surface area contributed by atoms with Crippen molar-refractivity contribution in [1.29, 1.82) is 0 Å². The molecule has 3 fully saturated rings. The summed E-state index contributed by atoms with van der Waals surface area (Å²) in [6.07, 6.45) is 2.42. The molecule has 1 N–H and O–H groups in total. The van der Waals surface area contributed by atoms with Crippen molar-refractivity contribution in [2.75, 3.05) is 19.9 Å². The summed E-state index contributed by atoms with van der Waals surface area (Å²) < 4.78 is 12.7. The number of rotatable bonds is 3. The van der Waals surface area contributed by atoms with Crippen LogP contribution in [-0.2, 0) is 0 Å². The lowest BCUT2D eigenvalue weighted by atomic mass is 9.76. The zero-order valence-electron chi connectivity index (χ0n) is 9.98. The Bertz CT molecular complexity index is 360. The Hall–Kier alpha value is -0.930. The number of nitrogens with one attached hydrogen (secondary N) is 1. The van der Waals surface area contributed by atoms with Gasteiger partial charge in [-0.2, -0.15) is 0 Å². The third-order valence-electron chi connectivity index (χ3n) is 4.27. The standard InChI is InChI=1S/C14H19FN2/c15-10-16-13-11-6-8-17(9-7-11)14(13)12-4-2-1-3-5-12/h1-5,11,13-14,16H,6-10H2. The van der Waals surface area contributed by atoms with E-state index in [1.165, 1.54) is 18.4 Å². The van der Waals surface area contributed by atoms with E-state index in [9.17, 15) is 4.39 Å². The molecule has 0 saturated carbocycles. The molecule has 0 aliphatic carbocycles. The second-order valence-electron chi connectivity index (χ2n) is 5.09. The van der Waals surface area contributed by atoms with Gasteiger partial charge in [0.2, 0.25) is 0 Å². The number of alkyl halides is 1. The average Bonchev–Trinajstić information content (AvgIpc) is 2.41. The molecule has 0 aromatic heterocycles. The van der Waals surface area contributed by atoms with Gasteiger partial charge in [-0.1, -0.05) is 30.3 Å². The number of piperidine rings is 3. The number of halogens is 1. The maximum atomic E-state index is 12.7. The molecule has 4 rings (SSSR count). The topological polar surface area (TPSA) is 15.3 Å². The Labute approximate surface area is 102 Å². The second kappa shape index (κ2) is 4.75. The van der Waals surface area contributed by atoms with Crippen molar-refractivity contribution in [2.24, 2.45) is 5.92 Å². The molecule has 17 heavy (non-hydrogen) atoms. The van der Waals surface area contributed by atoms with Crippen LogP contribution in [0.15, 0.2) is 30.3 Å². The number of benzene rings is 1. The van der Waals surface area contributed by atoms with Gasteiger partial charge in [0, 0.05) is 6.04 Å². The summed E-state index contributed by atoms with van der Waals surface area (Å²) in [7, 11) is 0. The van der Waals surface area contributed by atoms with Crippen LogP contribution in [0.2, 0.25) is 0 Å². The molecule has 2 nitrogen and oxygen atoms in total. The molecular weight excluding hydrogens is 215 g/mol. The molecule has 2 unspecified atom stereocenters. The van der Waals surface area contributed by atoms with Crippen LogP contribution < -0.4 is 5.32 Å². The highest BCUT2D eigenvalue weighted by molar-refractivity contribution is 5.23. The fourth-order valence-corrected chi connectivity index (χ4v) is 3.48. The van der Waals surface area contributed by atoms with Gasteiger partial charge in [0.15, 0.2) is 0 Å². The highest BCUT2D eigenvalue weighted by Crippen LogP contribution is 2.40. The van der Waals surface area contributed by atoms with Crippen molar-refractivity contribution in [3.05, 3.63) is 35.9 Å². The summed E-state index contributed by atoms with van der Waals surface area (Å²) in [6, 6.07) is 11.2. The van der Waals surface area contributed by atoms with Crippen LogP contribution in [0.1, 0.15) is 24.4 Å². The second-order valence-corrected chi connectivity index (χ2v) is 5.09. The van der Waals surface area contributed by atoms with Gasteiger partial charge in [-0.25, -0.2) is 4.39 Å². The highest BCUT2D eigenvalue weighted by Gasteiger charge is 2.42. The van der Waals surface area contributed by atoms with E-state index in [0.717, 1.165) is 13.1 Å². The quantitative estimate of drug-likeness (QED) is 0.808. The van der Waals surface area contributed by atoms with E-state index < -0.39 is 6.80 Å². The average molecular weight is 234 g/mol. The van der Waals surface area contributed by atoms with Crippen LogP contribution in [0.3, 0.4) is 0 Å². The third kappa shape index (κ3) is 1.98. The monoisotopic (exact) mass is 234 g/mol. The Morgan fingerprint density at radius 3 is 2.53 bits per heavy atom. The molecule has 3 saturated heterocycles. The van der Waals surface area contributed by atoms with Gasteiger partial charge < -0.3 is 0 Å². The lowest BCUT2D eigenvalue weighted by molar-refractivity contribution is 0.00778. The van der Waals surface area contributed by atoms with E-state index in [1.54, 1.807) is 0 Å². The van der Waals surface area contributed by atoms with Gasteiger partial charge in [0.1, 0.15) is 6.80 Å². The molecule has 3 aliphatic rings. The first-order valence-corrected chi connectivity index (χ1v) is 6.48. The van der Waals surface area contributed by atoms with Crippen molar-refractivity contribution in [3.63, 3.8) is 0 Å². The zero-order valence-corrected chi connectivity index (χ0v) is 9.98. The van der Waals surface area contributed by atoms with Gasteiger partial charge in [0.25, 0.3) is 0 Å². The molecule has 0 spiro atoms. The summed E-state index contributed by atoms with van der Waals surface area (Å²) in [4.78, 5) is 2.50. The molecule has 1 aromatic carbocycles. The maximum absolute atomic E-state index is 12.7. The minimum absolute atomic E-state index is 0.282. The maximum Gasteiger partial charge on any atom is 0.140 e. The fourth-order valence-electron chi connectivity index (χ4n) is 3.48. The van der Waals surface area contributed by atoms with Crippen LogP contribution in [0.5, 0.6) is 0 Å². The van der Waals surface area contributed by atoms with Gasteiger partial charge in [-0.3, -0.25) is 10.2 Å². The van der Waals surface area contributed by atoms with E-state index in [-0.39, 0.29) is 6.04 Å².